The molecule has 0 aromatic rings. The Bertz CT molecular complexity index is 294. The van der Waals surface area contributed by atoms with Crippen molar-refractivity contribution in [1.82, 2.24) is 5.32 Å². The lowest BCUT2D eigenvalue weighted by Gasteiger charge is -2.16. The first-order chi connectivity index (χ1) is 7.88. The molecule has 2 atom stereocenters. The van der Waals surface area contributed by atoms with Crippen molar-refractivity contribution in [3.63, 3.8) is 0 Å². The quantitative estimate of drug-likeness (QED) is 0.383. The lowest BCUT2D eigenvalue weighted by molar-refractivity contribution is -0.142. The van der Waals surface area contributed by atoms with Gasteiger partial charge in [0.15, 0.2) is 0 Å². The SMILES string of the molecule is COCC(N)C(=O)N[C@@H](CCC(N)=O)C(=O)O. The van der Waals surface area contributed by atoms with Gasteiger partial charge in [0.25, 0.3) is 0 Å². The van der Waals surface area contributed by atoms with Crippen LogP contribution in [0.3, 0.4) is 0 Å². The number of hydrogen-bond donors (Lipinski definition) is 4. The lowest BCUT2D eigenvalue weighted by atomic mass is 10.1. The zero-order chi connectivity index (χ0) is 13.4. The molecule has 0 spiro atoms. The summed E-state index contributed by atoms with van der Waals surface area (Å²) in [6, 6.07) is -2.13. The maximum Gasteiger partial charge on any atom is 0.326 e. The third kappa shape index (κ3) is 6.48. The maximum atomic E-state index is 11.4. The Morgan fingerprint density at radius 2 is 2.00 bits per heavy atom. The highest BCUT2D eigenvalue weighted by molar-refractivity contribution is 5.87. The molecule has 6 N–H and O–H groups in total. The summed E-state index contributed by atoms with van der Waals surface area (Å²) in [4.78, 5) is 32.7. The van der Waals surface area contributed by atoms with Gasteiger partial charge in [-0.3, -0.25) is 9.59 Å². The Morgan fingerprint density at radius 1 is 1.41 bits per heavy atom. The zero-order valence-corrected chi connectivity index (χ0v) is 9.51. The first-order valence-corrected chi connectivity index (χ1v) is 4.94. The number of carbonyl (C=O) groups excluding carboxylic acids is 2. The lowest BCUT2D eigenvalue weighted by Crippen LogP contribution is -2.50. The van der Waals surface area contributed by atoms with Crippen LogP contribution in [0.25, 0.3) is 0 Å². The number of nitrogens with two attached hydrogens (primary N) is 2. The van der Waals surface area contributed by atoms with Crippen LogP contribution in [0.2, 0.25) is 0 Å². The second kappa shape index (κ2) is 7.58. The summed E-state index contributed by atoms with van der Waals surface area (Å²) < 4.78 is 4.66. The van der Waals surface area contributed by atoms with E-state index in [1.165, 1.54) is 7.11 Å². The number of primary amides is 1. The van der Waals surface area contributed by atoms with Crippen LogP contribution in [0.4, 0.5) is 0 Å². The number of carboxylic acid groups (broad SMARTS) is 1. The van der Waals surface area contributed by atoms with Crippen molar-refractivity contribution in [2.75, 3.05) is 13.7 Å². The highest BCUT2D eigenvalue weighted by atomic mass is 16.5. The Kier molecular flexibility index (Phi) is 6.83. The van der Waals surface area contributed by atoms with E-state index in [0.717, 1.165) is 0 Å². The monoisotopic (exact) mass is 247 g/mol. The number of carboxylic acids is 1. The first kappa shape index (κ1) is 15.3. The largest absolute Gasteiger partial charge is 0.480 e. The number of amides is 2. The van der Waals surface area contributed by atoms with E-state index in [0.29, 0.717) is 0 Å². The summed E-state index contributed by atoms with van der Waals surface area (Å²) in [5.74, 6) is -2.53. The van der Waals surface area contributed by atoms with Crippen LogP contribution in [0, 0.1) is 0 Å². The van der Waals surface area contributed by atoms with E-state index in [1.807, 2.05) is 0 Å². The normalized spacial score (nSPS) is 13.8. The van der Waals surface area contributed by atoms with Crippen molar-refractivity contribution in [2.24, 2.45) is 11.5 Å². The summed E-state index contributed by atoms with van der Waals surface area (Å²) in [6.45, 7) is -0.0198. The number of rotatable bonds is 8. The number of hydrogen-bond acceptors (Lipinski definition) is 5. The molecule has 0 saturated carbocycles. The van der Waals surface area contributed by atoms with Crippen LogP contribution in [0.1, 0.15) is 12.8 Å². The van der Waals surface area contributed by atoms with E-state index in [2.05, 4.69) is 10.1 Å². The van der Waals surface area contributed by atoms with Crippen molar-refractivity contribution in [2.45, 2.75) is 24.9 Å². The summed E-state index contributed by atoms with van der Waals surface area (Å²) >= 11 is 0. The van der Waals surface area contributed by atoms with Gasteiger partial charge >= 0.3 is 5.97 Å². The van der Waals surface area contributed by atoms with Crippen LogP contribution in [-0.4, -0.2) is 48.7 Å². The predicted octanol–water partition coefficient (Wildman–Crippen LogP) is -2.20. The molecule has 0 rings (SSSR count). The molecule has 0 fully saturated rings. The predicted molar refractivity (Wildman–Crippen MR) is 57.8 cm³/mol. The fourth-order valence-electron chi connectivity index (χ4n) is 1.08. The second-order valence-corrected chi connectivity index (χ2v) is 3.47. The summed E-state index contributed by atoms with van der Waals surface area (Å²) in [5.41, 5.74) is 10.3. The summed E-state index contributed by atoms with van der Waals surface area (Å²) in [5, 5.41) is 11.0. The van der Waals surface area contributed by atoms with Gasteiger partial charge in [0.05, 0.1) is 6.61 Å². The van der Waals surface area contributed by atoms with Gasteiger partial charge < -0.3 is 26.6 Å². The molecule has 0 saturated heterocycles. The molecule has 1 unspecified atom stereocenters. The van der Waals surface area contributed by atoms with Gasteiger partial charge in [0, 0.05) is 13.5 Å². The Labute approximate surface area is 98.3 Å². The average molecular weight is 247 g/mol. The zero-order valence-electron chi connectivity index (χ0n) is 9.51. The third-order valence-corrected chi connectivity index (χ3v) is 1.98. The second-order valence-electron chi connectivity index (χ2n) is 3.47. The maximum absolute atomic E-state index is 11.4. The van der Waals surface area contributed by atoms with Crippen molar-refractivity contribution in [3.05, 3.63) is 0 Å². The minimum atomic E-state index is -1.25. The first-order valence-electron chi connectivity index (χ1n) is 4.94. The Morgan fingerprint density at radius 3 is 2.41 bits per heavy atom. The molecule has 17 heavy (non-hydrogen) atoms. The molecule has 8 heteroatoms. The van der Waals surface area contributed by atoms with Crippen molar-refractivity contribution in [3.8, 4) is 0 Å². The van der Waals surface area contributed by atoms with E-state index in [9.17, 15) is 14.4 Å². The molecule has 0 aromatic carbocycles. The number of carbonyl (C=O) groups is 3. The molecular weight excluding hydrogens is 230 g/mol. The molecule has 98 valence electrons. The van der Waals surface area contributed by atoms with Crippen molar-refractivity contribution in [1.29, 1.82) is 0 Å². The van der Waals surface area contributed by atoms with Crippen molar-refractivity contribution >= 4 is 17.8 Å². The van der Waals surface area contributed by atoms with E-state index < -0.39 is 29.9 Å². The molecule has 0 aliphatic carbocycles. The van der Waals surface area contributed by atoms with Crippen LogP contribution < -0.4 is 16.8 Å². The molecule has 0 aromatic heterocycles. The van der Waals surface area contributed by atoms with Crippen molar-refractivity contribution < 1.29 is 24.2 Å². The van der Waals surface area contributed by atoms with Crippen LogP contribution >= 0.6 is 0 Å². The van der Waals surface area contributed by atoms with Gasteiger partial charge in [-0.25, -0.2) is 4.79 Å². The summed E-state index contributed by atoms with van der Waals surface area (Å²) in [7, 11) is 1.37. The number of ether oxygens (including phenoxy) is 1. The minimum absolute atomic E-state index is 0.0198. The molecule has 8 nitrogen and oxygen atoms in total. The fraction of sp³-hybridized carbons (Fsp3) is 0.667. The van der Waals surface area contributed by atoms with Gasteiger partial charge in [0.1, 0.15) is 12.1 Å². The van der Waals surface area contributed by atoms with Gasteiger partial charge in [-0.1, -0.05) is 0 Å². The average Bonchev–Trinajstić information content (AvgIpc) is 2.23. The molecule has 0 aliphatic rings. The standard InChI is InChI=1S/C9H17N3O5/c1-17-4-5(10)8(14)12-6(9(15)16)2-3-7(11)13/h5-6H,2-4,10H2,1H3,(H2,11,13)(H,12,14)(H,15,16)/t5?,6-/m0/s1. The summed E-state index contributed by atoms with van der Waals surface area (Å²) in [6.07, 6.45) is -0.202. The van der Waals surface area contributed by atoms with E-state index in [1.54, 1.807) is 0 Å². The van der Waals surface area contributed by atoms with Crippen LogP contribution in [-0.2, 0) is 19.1 Å². The molecule has 2 amide bonds. The van der Waals surface area contributed by atoms with Gasteiger partial charge in [0.2, 0.25) is 11.8 Å². The smallest absolute Gasteiger partial charge is 0.326 e. The van der Waals surface area contributed by atoms with Gasteiger partial charge in [-0.15, -0.1) is 0 Å². The van der Waals surface area contributed by atoms with E-state index in [-0.39, 0.29) is 19.4 Å². The van der Waals surface area contributed by atoms with E-state index >= 15 is 0 Å². The van der Waals surface area contributed by atoms with E-state index in [4.69, 9.17) is 16.6 Å². The van der Waals surface area contributed by atoms with Crippen LogP contribution in [0.15, 0.2) is 0 Å². The topological polar surface area (TPSA) is 145 Å². The highest BCUT2D eigenvalue weighted by Gasteiger charge is 2.23. The number of nitrogens with one attached hydrogen (secondary N) is 1. The van der Waals surface area contributed by atoms with Gasteiger partial charge in [-0.2, -0.15) is 0 Å². The molecule has 0 radical (unpaired) electrons. The minimum Gasteiger partial charge on any atom is -0.480 e. The molecule has 0 heterocycles. The Hall–Kier alpha value is -1.67. The Balaban J connectivity index is 4.29. The molecular formula is C9H17N3O5. The van der Waals surface area contributed by atoms with Crippen LogP contribution in [0.5, 0.6) is 0 Å². The highest BCUT2D eigenvalue weighted by Crippen LogP contribution is 1.98. The molecule has 0 aliphatic heterocycles. The fourth-order valence-corrected chi connectivity index (χ4v) is 1.08. The third-order valence-electron chi connectivity index (χ3n) is 1.98. The number of aliphatic carboxylic acids is 1. The number of methoxy groups -OCH3 is 1. The van der Waals surface area contributed by atoms with Gasteiger partial charge in [-0.05, 0) is 6.42 Å². The molecule has 0 bridgehead atoms.